The average molecular weight is 364 g/mol. The van der Waals surface area contributed by atoms with Crippen molar-refractivity contribution in [3.05, 3.63) is 28.2 Å². The second kappa shape index (κ2) is 5.44. The van der Waals surface area contributed by atoms with E-state index in [2.05, 4.69) is 20.7 Å². The number of hydrogen-bond acceptors (Lipinski definition) is 4. The first-order chi connectivity index (χ1) is 9.30. The van der Waals surface area contributed by atoms with Crippen LogP contribution in [0.3, 0.4) is 0 Å². The Labute approximate surface area is 125 Å². The van der Waals surface area contributed by atoms with Crippen LogP contribution in [0.1, 0.15) is 29.6 Å². The van der Waals surface area contributed by atoms with Gasteiger partial charge in [-0.05, 0) is 53.4 Å². The molecule has 0 bridgehead atoms. The highest BCUT2D eigenvalue weighted by atomic mass is 79.9. The van der Waals surface area contributed by atoms with Gasteiger partial charge in [0, 0.05) is 4.47 Å². The van der Waals surface area contributed by atoms with Gasteiger partial charge in [0.2, 0.25) is 10.0 Å². The van der Waals surface area contributed by atoms with Gasteiger partial charge in [-0.15, -0.1) is 0 Å². The molecular formula is C12H14BrNO5S. The fourth-order valence-corrected chi connectivity index (χ4v) is 4.62. The second-order valence-electron chi connectivity index (χ2n) is 4.85. The van der Waals surface area contributed by atoms with Crippen LogP contribution in [0.4, 0.5) is 0 Å². The van der Waals surface area contributed by atoms with Gasteiger partial charge in [0.05, 0.1) is 22.6 Å². The number of aliphatic hydroxyl groups is 1. The highest BCUT2D eigenvalue weighted by molar-refractivity contribution is 9.10. The molecule has 1 saturated carbocycles. The van der Waals surface area contributed by atoms with Crippen molar-refractivity contribution in [3.63, 3.8) is 0 Å². The molecule has 0 spiro atoms. The van der Waals surface area contributed by atoms with Gasteiger partial charge >= 0.3 is 5.97 Å². The molecule has 8 heteroatoms. The molecule has 1 aliphatic rings. The van der Waals surface area contributed by atoms with Crippen LogP contribution < -0.4 is 4.72 Å². The minimum atomic E-state index is -3.81. The van der Waals surface area contributed by atoms with Crippen LogP contribution in [0, 0.1) is 0 Å². The van der Waals surface area contributed by atoms with Crippen LogP contribution in [0.2, 0.25) is 0 Å². The van der Waals surface area contributed by atoms with Gasteiger partial charge in [-0.2, -0.15) is 0 Å². The van der Waals surface area contributed by atoms with Gasteiger partial charge < -0.3 is 10.2 Å². The first-order valence-corrected chi connectivity index (χ1v) is 8.25. The Morgan fingerprint density at radius 2 is 2.05 bits per heavy atom. The SMILES string of the molecule is O=C(O)c1ccc(S(=O)(=O)NC2(CO)CCC2)c(Br)c1. The van der Waals surface area contributed by atoms with Crippen molar-refractivity contribution in [1.29, 1.82) is 0 Å². The van der Waals surface area contributed by atoms with Crippen molar-refractivity contribution in [2.24, 2.45) is 0 Å². The molecule has 1 fully saturated rings. The lowest BCUT2D eigenvalue weighted by Gasteiger charge is -2.40. The average Bonchev–Trinajstić information content (AvgIpc) is 2.33. The molecule has 0 atom stereocenters. The molecule has 0 saturated heterocycles. The third-order valence-electron chi connectivity index (χ3n) is 3.43. The first kappa shape index (κ1) is 15.4. The van der Waals surface area contributed by atoms with Crippen molar-refractivity contribution in [3.8, 4) is 0 Å². The predicted octanol–water partition coefficient (Wildman–Crippen LogP) is 1.34. The van der Waals surface area contributed by atoms with E-state index >= 15 is 0 Å². The molecule has 110 valence electrons. The molecule has 0 heterocycles. The zero-order chi connectivity index (χ0) is 15.0. The highest BCUT2D eigenvalue weighted by Gasteiger charge is 2.40. The fraction of sp³-hybridized carbons (Fsp3) is 0.417. The quantitative estimate of drug-likeness (QED) is 0.732. The number of halogens is 1. The summed E-state index contributed by atoms with van der Waals surface area (Å²) >= 11 is 3.08. The van der Waals surface area contributed by atoms with E-state index in [1.807, 2.05) is 0 Å². The summed E-state index contributed by atoms with van der Waals surface area (Å²) in [5.41, 5.74) is -0.791. The van der Waals surface area contributed by atoms with Crippen molar-refractivity contribution in [2.45, 2.75) is 29.7 Å². The molecule has 6 nitrogen and oxygen atoms in total. The molecule has 2 rings (SSSR count). The van der Waals surface area contributed by atoms with E-state index in [1.54, 1.807) is 0 Å². The van der Waals surface area contributed by atoms with Crippen molar-refractivity contribution in [2.75, 3.05) is 6.61 Å². The maximum Gasteiger partial charge on any atom is 0.335 e. The van der Waals surface area contributed by atoms with Gasteiger partial charge in [-0.25, -0.2) is 17.9 Å². The summed E-state index contributed by atoms with van der Waals surface area (Å²) in [5.74, 6) is -1.13. The molecular weight excluding hydrogens is 350 g/mol. The lowest BCUT2D eigenvalue weighted by Crippen LogP contribution is -2.56. The number of aromatic carboxylic acids is 1. The standard InChI is InChI=1S/C12H14BrNO5S/c13-9-6-8(11(16)17)2-3-10(9)20(18,19)14-12(7-15)4-1-5-12/h2-3,6,14-15H,1,4-5,7H2,(H,16,17). The minimum Gasteiger partial charge on any atom is -0.478 e. The third kappa shape index (κ3) is 2.88. The Kier molecular flexibility index (Phi) is 4.19. The molecule has 1 aromatic carbocycles. The number of nitrogens with one attached hydrogen (secondary N) is 1. The van der Waals surface area contributed by atoms with Crippen molar-refractivity contribution in [1.82, 2.24) is 4.72 Å². The van der Waals surface area contributed by atoms with E-state index in [1.165, 1.54) is 18.2 Å². The molecule has 0 aliphatic heterocycles. The number of carbonyl (C=O) groups is 1. The maximum absolute atomic E-state index is 12.3. The molecule has 0 radical (unpaired) electrons. The van der Waals surface area contributed by atoms with Gasteiger partial charge in [0.25, 0.3) is 0 Å². The van der Waals surface area contributed by atoms with E-state index in [-0.39, 0.29) is 21.5 Å². The first-order valence-electron chi connectivity index (χ1n) is 5.97. The number of sulfonamides is 1. The molecule has 20 heavy (non-hydrogen) atoms. The Hall–Kier alpha value is -0.960. The second-order valence-corrected chi connectivity index (χ2v) is 7.35. The number of aliphatic hydroxyl groups excluding tert-OH is 1. The molecule has 0 aromatic heterocycles. The number of carboxylic acids is 1. The Balaban J connectivity index is 2.32. The smallest absolute Gasteiger partial charge is 0.335 e. The number of rotatable bonds is 5. The molecule has 0 amide bonds. The molecule has 0 unspecified atom stereocenters. The normalized spacial score (nSPS) is 17.5. The van der Waals surface area contributed by atoms with Crippen molar-refractivity contribution >= 4 is 31.9 Å². The monoisotopic (exact) mass is 363 g/mol. The zero-order valence-corrected chi connectivity index (χ0v) is 12.9. The van der Waals surface area contributed by atoms with E-state index in [0.29, 0.717) is 12.8 Å². The van der Waals surface area contributed by atoms with Crippen LogP contribution in [0.5, 0.6) is 0 Å². The zero-order valence-electron chi connectivity index (χ0n) is 10.5. The van der Waals surface area contributed by atoms with Crippen molar-refractivity contribution < 1.29 is 23.4 Å². The van der Waals surface area contributed by atoms with E-state index in [4.69, 9.17) is 5.11 Å². The van der Waals surface area contributed by atoms with Crippen LogP contribution in [-0.4, -0.2) is 36.7 Å². The Morgan fingerprint density at radius 1 is 1.40 bits per heavy atom. The van der Waals surface area contributed by atoms with Gasteiger partial charge in [-0.1, -0.05) is 0 Å². The summed E-state index contributed by atoms with van der Waals surface area (Å²) in [5, 5.41) is 18.2. The largest absolute Gasteiger partial charge is 0.478 e. The highest BCUT2D eigenvalue weighted by Crippen LogP contribution is 2.34. The summed E-state index contributed by atoms with van der Waals surface area (Å²) in [4.78, 5) is 10.8. The van der Waals surface area contributed by atoms with E-state index in [0.717, 1.165) is 6.42 Å². The van der Waals surface area contributed by atoms with Crippen LogP contribution >= 0.6 is 15.9 Å². The fourth-order valence-electron chi connectivity index (χ4n) is 2.09. The summed E-state index contributed by atoms with van der Waals surface area (Å²) in [6.45, 7) is -0.253. The lowest BCUT2D eigenvalue weighted by molar-refractivity contribution is 0.0696. The summed E-state index contributed by atoms with van der Waals surface area (Å²) < 4.78 is 27.3. The molecule has 3 N–H and O–H groups in total. The van der Waals surface area contributed by atoms with E-state index < -0.39 is 21.5 Å². The van der Waals surface area contributed by atoms with Crippen LogP contribution in [-0.2, 0) is 10.0 Å². The summed E-state index contributed by atoms with van der Waals surface area (Å²) in [7, 11) is -3.81. The Bertz CT molecular complexity index is 634. The maximum atomic E-state index is 12.3. The van der Waals surface area contributed by atoms with Gasteiger partial charge in [-0.3, -0.25) is 0 Å². The Morgan fingerprint density at radius 3 is 2.45 bits per heavy atom. The number of carboxylic acid groups (broad SMARTS) is 1. The van der Waals surface area contributed by atoms with E-state index in [9.17, 15) is 18.3 Å². The third-order valence-corrected chi connectivity index (χ3v) is 5.99. The lowest BCUT2D eigenvalue weighted by atomic mass is 9.78. The topological polar surface area (TPSA) is 104 Å². The summed E-state index contributed by atoms with van der Waals surface area (Å²) in [6.07, 6.45) is 2.04. The van der Waals surface area contributed by atoms with Gasteiger partial charge in [0.1, 0.15) is 0 Å². The number of hydrogen-bond donors (Lipinski definition) is 3. The molecule has 1 aliphatic carbocycles. The molecule has 1 aromatic rings. The summed E-state index contributed by atoms with van der Waals surface area (Å²) in [6, 6.07) is 3.71. The van der Waals surface area contributed by atoms with Gasteiger partial charge in [0.15, 0.2) is 0 Å². The predicted molar refractivity (Wildman–Crippen MR) is 75.1 cm³/mol. The number of benzene rings is 1. The van der Waals surface area contributed by atoms with Crippen LogP contribution in [0.15, 0.2) is 27.6 Å². The minimum absolute atomic E-state index is 0.00339. The van der Waals surface area contributed by atoms with Crippen LogP contribution in [0.25, 0.3) is 0 Å².